The van der Waals surface area contributed by atoms with E-state index < -0.39 is 0 Å². The summed E-state index contributed by atoms with van der Waals surface area (Å²) in [5.74, 6) is 0.803. The highest BCUT2D eigenvalue weighted by Gasteiger charge is 2.16. The Morgan fingerprint density at radius 3 is 2.65 bits per heavy atom. The van der Waals surface area contributed by atoms with Gasteiger partial charge in [0.15, 0.2) is 5.65 Å². The molecule has 3 rings (SSSR count). The van der Waals surface area contributed by atoms with Crippen molar-refractivity contribution < 1.29 is 9.53 Å². The zero-order valence-electron chi connectivity index (χ0n) is 13.1. The van der Waals surface area contributed by atoms with Gasteiger partial charge < -0.3 is 15.0 Å². The van der Waals surface area contributed by atoms with Gasteiger partial charge in [0.2, 0.25) is 5.91 Å². The number of methoxy groups -OCH3 is 1. The number of rotatable bonds is 5. The highest BCUT2D eigenvalue weighted by atomic mass is 16.5. The van der Waals surface area contributed by atoms with Gasteiger partial charge in [0.25, 0.3) is 0 Å². The summed E-state index contributed by atoms with van der Waals surface area (Å²) < 4.78 is 5.20. The van der Waals surface area contributed by atoms with E-state index in [0.29, 0.717) is 12.8 Å². The maximum Gasteiger partial charge on any atom is 0.220 e. The summed E-state index contributed by atoms with van der Waals surface area (Å²) in [6.07, 6.45) is 4.32. The molecule has 0 radical (unpaired) electrons. The molecule has 23 heavy (non-hydrogen) atoms. The molecule has 1 amide bonds. The minimum Gasteiger partial charge on any atom is -0.497 e. The van der Waals surface area contributed by atoms with Crippen molar-refractivity contribution in [2.75, 3.05) is 14.2 Å². The van der Waals surface area contributed by atoms with E-state index in [-0.39, 0.29) is 5.91 Å². The summed E-state index contributed by atoms with van der Waals surface area (Å²) in [5, 5.41) is 2.65. The van der Waals surface area contributed by atoms with Crippen LogP contribution in [0.5, 0.6) is 5.75 Å². The van der Waals surface area contributed by atoms with Crippen molar-refractivity contribution in [1.29, 1.82) is 0 Å². The molecule has 0 fully saturated rings. The summed E-state index contributed by atoms with van der Waals surface area (Å²) in [4.78, 5) is 23.7. The van der Waals surface area contributed by atoms with Crippen molar-refractivity contribution in [3.63, 3.8) is 0 Å². The number of aryl methyl sites for hydroxylation is 1. The van der Waals surface area contributed by atoms with Gasteiger partial charge >= 0.3 is 0 Å². The molecule has 2 heterocycles. The second-order valence-corrected chi connectivity index (χ2v) is 5.13. The van der Waals surface area contributed by atoms with E-state index >= 15 is 0 Å². The van der Waals surface area contributed by atoms with Crippen LogP contribution in [0.25, 0.3) is 22.4 Å². The van der Waals surface area contributed by atoms with Crippen LogP contribution in [0.2, 0.25) is 0 Å². The van der Waals surface area contributed by atoms with Crippen molar-refractivity contribution in [2.24, 2.45) is 0 Å². The van der Waals surface area contributed by atoms with E-state index in [1.165, 1.54) is 0 Å². The predicted octanol–water partition coefficient (Wildman–Crippen LogP) is 2.31. The fraction of sp³-hybridized carbons (Fsp3) is 0.235. The fourth-order valence-electron chi connectivity index (χ4n) is 2.57. The Hall–Kier alpha value is -2.89. The molecule has 3 aromatic rings. The van der Waals surface area contributed by atoms with Crippen LogP contribution in [-0.2, 0) is 11.2 Å². The van der Waals surface area contributed by atoms with E-state index in [1.807, 2.05) is 24.3 Å². The standard InChI is InChI=1S/C17H18N4O2/c1-18-14(22)8-7-13-15(11-3-5-12(23-2)6-4-11)21-17-16(13)19-9-10-20-17/h3-6,9-10H,7-8H2,1-2H3,(H,18,22)(H,20,21). The molecule has 0 atom stereocenters. The minimum atomic E-state index is 0.00363. The smallest absolute Gasteiger partial charge is 0.220 e. The second-order valence-electron chi connectivity index (χ2n) is 5.13. The van der Waals surface area contributed by atoms with Gasteiger partial charge in [-0.1, -0.05) is 0 Å². The van der Waals surface area contributed by atoms with Gasteiger partial charge in [0, 0.05) is 31.4 Å². The van der Waals surface area contributed by atoms with Crippen LogP contribution < -0.4 is 10.1 Å². The van der Waals surface area contributed by atoms with E-state index in [1.54, 1.807) is 26.6 Å². The highest BCUT2D eigenvalue weighted by molar-refractivity contribution is 5.86. The lowest BCUT2D eigenvalue weighted by atomic mass is 10.0. The molecule has 0 aliphatic rings. The molecule has 1 aromatic carbocycles. The van der Waals surface area contributed by atoms with Gasteiger partial charge in [-0.15, -0.1) is 0 Å². The van der Waals surface area contributed by atoms with Gasteiger partial charge in [-0.2, -0.15) is 0 Å². The van der Waals surface area contributed by atoms with Crippen LogP contribution in [0.4, 0.5) is 0 Å². The Bertz CT molecular complexity index is 824. The van der Waals surface area contributed by atoms with Gasteiger partial charge in [0.05, 0.1) is 12.8 Å². The summed E-state index contributed by atoms with van der Waals surface area (Å²) in [6, 6.07) is 7.77. The first-order valence-electron chi connectivity index (χ1n) is 7.39. The summed E-state index contributed by atoms with van der Waals surface area (Å²) in [6.45, 7) is 0. The third kappa shape index (κ3) is 3.01. The number of carbonyl (C=O) groups is 1. The number of aromatic amines is 1. The third-order valence-electron chi connectivity index (χ3n) is 3.79. The second kappa shape index (κ2) is 6.48. The van der Waals surface area contributed by atoms with Crippen LogP contribution in [0.15, 0.2) is 36.7 Å². The lowest BCUT2D eigenvalue weighted by Gasteiger charge is -2.06. The number of nitrogens with zero attached hydrogens (tertiary/aromatic N) is 2. The number of amides is 1. The van der Waals surface area contributed by atoms with Crippen LogP contribution >= 0.6 is 0 Å². The first-order chi connectivity index (χ1) is 11.2. The van der Waals surface area contributed by atoms with Crippen molar-refractivity contribution in [1.82, 2.24) is 20.3 Å². The molecule has 0 bridgehead atoms. The molecule has 0 unspecified atom stereocenters. The number of carbonyl (C=O) groups excluding carboxylic acids is 1. The molecular formula is C17H18N4O2. The first-order valence-corrected chi connectivity index (χ1v) is 7.39. The molecule has 2 aromatic heterocycles. The maximum absolute atomic E-state index is 11.6. The molecule has 0 aliphatic carbocycles. The average Bonchev–Trinajstić information content (AvgIpc) is 2.98. The number of hydrogen-bond donors (Lipinski definition) is 2. The normalized spacial score (nSPS) is 10.7. The van der Waals surface area contributed by atoms with E-state index in [4.69, 9.17) is 4.74 Å². The summed E-state index contributed by atoms with van der Waals surface area (Å²) in [7, 11) is 3.28. The molecule has 0 aliphatic heterocycles. The molecular weight excluding hydrogens is 292 g/mol. The number of H-pyrrole nitrogens is 1. The zero-order valence-corrected chi connectivity index (χ0v) is 13.1. The Kier molecular flexibility index (Phi) is 4.23. The Labute approximate surface area is 133 Å². The Morgan fingerprint density at radius 1 is 1.22 bits per heavy atom. The van der Waals surface area contributed by atoms with Crippen LogP contribution in [0.1, 0.15) is 12.0 Å². The Balaban J connectivity index is 2.05. The van der Waals surface area contributed by atoms with Crippen LogP contribution in [0.3, 0.4) is 0 Å². The molecule has 6 heteroatoms. The van der Waals surface area contributed by atoms with Crippen molar-refractivity contribution in [3.05, 3.63) is 42.2 Å². The van der Waals surface area contributed by atoms with E-state index in [2.05, 4.69) is 20.3 Å². The Morgan fingerprint density at radius 2 is 1.96 bits per heavy atom. The van der Waals surface area contributed by atoms with E-state index in [0.717, 1.165) is 33.7 Å². The number of ether oxygens (including phenoxy) is 1. The quantitative estimate of drug-likeness (QED) is 0.758. The number of aromatic nitrogens is 3. The number of hydrogen-bond acceptors (Lipinski definition) is 4. The predicted molar refractivity (Wildman–Crippen MR) is 88.3 cm³/mol. The van der Waals surface area contributed by atoms with Crippen molar-refractivity contribution in [3.8, 4) is 17.0 Å². The van der Waals surface area contributed by atoms with Crippen LogP contribution in [0, 0.1) is 0 Å². The average molecular weight is 310 g/mol. The topological polar surface area (TPSA) is 79.9 Å². The minimum absolute atomic E-state index is 0.00363. The lowest BCUT2D eigenvalue weighted by molar-refractivity contribution is -0.120. The summed E-state index contributed by atoms with van der Waals surface area (Å²) in [5.41, 5.74) is 4.49. The molecule has 6 nitrogen and oxygen atoms in total. The van der Waals surface area contributed by atoms with Gasteiger partial charge in [-0.3, -0.25) is 9.78 Å². The van der Waals surface area contributed by atoms with Crippen molar-refractivity contribution in [2.45, 2.75) is 12.8 Å². The molecule has 118 valence electrons. The maximum atomic E-state index is 11.6. The monoisotopic (exact) mass is 310 g/mol. The molecule has 0 saturated heterocycles. The van der Waals surface area contributed by atoms with Gasteiger partial charge in [-0.25, -0.2) is 4.98 Å². The largest absolute Gasteiger partial charge is 0.497 e. The van der Waals surface area contributed by atoms with Crippen molar-refractivity contribution >= 4 is 17.1 Å². The zero-order chi connectivity index (χ0) is 16.2. The molecule has 0 spiro atoms. The summed E-state index contributed by atoms with van der Waals surface area (Å²) >= 11 is 0. The van der Waals surface area contributed by atoms with Gasteiger partial charge in [0.1, 0.15) is 11.3 Å². The SMILES string of the molecule is CNC(=O)CCc1c(-c2ccc(OC)cc2)[nH]c2nccnc12. The highest BCUT2D eigenvalue weighted by Crippen LogP contribution is 2.30. The number of benzene rings is 1. The lowest BCUT2D eigenvalue weighted by Crippen LogP contribution is -2.18. The number of nitrogens with one attached hydrogen (secondary N) is 2. The van der Waals surface area contributed by atoms with Crippen LogP contribution in [-0.4, -0.2) is 35.0 Å². The number of fused-ring (bicyclic) bond motifs is 1. The third-order valence-corrected chi connectivity index (χ3v) is 3.79. The fourth-order valence-corrected chi connectivity index (χ4v) is 2.57. The molecule has 0 saturated carbocycles. The van der Waals surface area contributed by atoms with E-state index in [9.17, 15) is 4.79 Å². The van der Waals surface area contributed by atoms with Gasteiger partial charge in [-0.05, 0) is 36.2 Å². The first kappa shape index (κ1) is 15.0. The molecule has 2 N–H and O–H groups in total.